The number of allylic oxidation sites excluding steroid dienone is 1. The molecule has 1 saturated carbocycles. The van der Waals surface area contributed by atoms with Crippen molar-refractivity contribution in [3.05, 3.63) is 54.1 Å². The second kappa shape index (κ2) is 12.1. The Bertz CT molecular complexity index is 966. The summed E-state index contributed by atoms with van der Waals surface area (Å²) < 4.78 is 0. The molecule has 2 heterocycles. The predicted molar refractivity (Wildman–Crippen MR) is 139 cm³/mol. The monoisotopic (exact) mass is 462 g/mol. The van der Waals surface area contributed by atoms with Gasteiger partial charge in [-0.2, -0.15) is 0 Å². The third kappa shape index (κ3) is 6.24. The summed E-state index contributed by atoms with van der Waals surface area (Å²) in [4.78, 5) is 31.5. The molecular weight excluding hydrogens is 424 g/mol. The Labute approximate surface area is 203 Å². The van der Waals surface area contributed by atoms with Crippen molar-refractivity contribution in [2.24, 2.45) is 0 Å². The van der Waals surface area contributed by atoms with E-state index in [1.54, 1.807) is 4.90 Å². The smallest absolute Gasteiger partial charge is 0.236 e. The van der Waals surface area contributed by atoms with Gasteiger partial charge in [-0.3, -0.25) is 19.4 Å². The minimum absolute atomic E-state index is 0.253. The Morgan fingerprint density at radius 2 is 1.62 bits per heavy atom. The largest absolute Gasteiger partial charge is 0.343 e. The molecule has 2 saturated heterocycles. The number of rotatable bonds is 5. The van der Waals surface area contributed by atoms with Crippen LogP contribution in [0.15, 0.2) is 48.5 Å². The van der Waals surface area contributed by atoms with E-state index in [4.69, 9.17) is 0 Å². The van der Waals surface area contributed by atoms with Crippen molar-refractivity contribution >= 4 is 29.2 Å². The Morgan fingerprint density at radius 1 is 0.912 bits per heavy atom. The molecule has 3 aliphatic rings. The van der Waals surface area contributed by atoms with Crippen molar-refractivity contribution in [1.82, 2.24) is 19.6 Å². The normalized spacial score (nSPS) is 20.1. The van der Waals surface area contributed by atoms with Crippen LogP contribution in [-0.2, 0) is 9.59 Å². The first-order valence-electron chi connectivity index (χ1n) is 12.7. The van der Waals surface area contributed by atoms with Crippen molar-refractivity contribution in [3.63, 3.8) is 0 Å². The number of hydrogen-bond acceptors (Lipinski definition) is 4. The van der Waals surface area contributed by atoms with Gasteiger partial charge in [0.25, 0.3) is 0 Å². The van der Waals surface area contributed by atoms with Gasteiger partial charge in [0.15, 0.2) is 0 Å². The molecule has 2 amide bonds. The molecule has 1 aliphatic carbocycles. The van der Waals surface area contributed by atoms with Crippen LogP contribution in [0, 0.1) is 0 Å². The zero-order chi connectivity index (χ0) is 23.8. The van der Waals surface area contributed by atoms with Gasteiger partial charge < -0.3 is 9.80 Å². The number of benzene rings is 2. The van der Waals surface area contributed by atoms with Crippen molar-refractivity contribution in [2.45, 2.75) is 32.2 Å². The molecule has 0 radical (unpaired) electrons. The van der Waals surface area contributed by atoms with E-state index in [2.05, 4.69) is 64.4 Å². The van der Waals surface area contributed by atoms with Crippen molar-refractivity contribution in [1.29, 1.82) is 0 Å². The average molecular weight is 463 g/mol. The zero-order valence-corrected chi connectivity index (χ0v) is 20.4. The highest BCUT2D eigenvalue weighted by Crippen LogP contribution is 2.25. The van der Waals surface area contributed by atoms with Crippen LogP contribution in [0.5, 0.6) is 0 Å². The molecule has 0 atom stereocenters. The maximum Gasteiger partial charge on any atom is 0.236 e. The molecule has 3 fully saturated rings. The van der Waals surface area contributed by atoms with Gasteiger partial charge in [0.2, 0.25) is 12.3 Å². The first kappa shape index (κ1) is 24.4. The van der Waals surface area contributed by atoms with Crippen LogP contribution in [0.3, 0.4) is 0 Å². The summed E-state index contributed by atoms with van der Waals surface area (Å²) in [5.41, 5.74) is 1.29. The van der Waals surface area contributed by atoms with Crippen molar-refractivity contribution in [2.75, 3.05) is 58.9 Å². The van der Waals surface area contributed by atoms with Crippen LogP contribution < -0.4 is 0 Å². The Balaban J connectivity index is 0.000000180. The lowest BCUT2D eigenvalue weighted by Crippen LogP contribution is -2.56. The molecule has 2 aromatic rings. The Morgan fingerprint density at radius 3 is 2.26 bits per heavy atom. The summed E-state index contributed by atoms with van der Waals surface area (Å²) in [5.74, 6) is 0.253. The minimum atomic E-state index is 0.253. The van der Waals surface area contributed by atoms with Crippen LogP contribution in [0.25, 0.3) is 16.8 Å². The van der Waals surface area contributed by atoms with Crippen LogP contribution in [0.4, 0.5) is 0 Å². The molecule has 0 N–H and O–H groups in total. The van der Waals surface area contributed by atoms with Gasteiger partial charge >= 0.3 is 0 Å². The molecule has 2 aromatic carbocycles. The van der Waals surface area contributed by atoms with Crippen LogP contribution >= 0.6 is 0 Å². The van der Waals surface area contributed by atoms with Crippen LogP contribution in [-0.4, -0.2) is 96.9 Å². The predicted octanol–water partition coefficient (Wildman–Crippen LogP) is 3.33. The number of piperazine rings is 2. The zero-order valence-electron chi connectivity index (χ0n) is 20.4. The first-order valence-corrected chi connectivity index (χ1v) is 12.7. The lowest BCUT2D eigenvalue weighted by atomic mass is 9.91. The van der Waals surface area contributed by atoms with E-state index in [-0.39, 0.29) is 5.91 Å². The number of amides is 2. The van der Waals surface area contributed by atoms with E-state index in [0.29, 0.717) is 6.54 Å². The first-order chi connectivity index (χ1) is 16.7. The summed E-state index contributed by atoms with van der Waals surface area (Å²) in [7, 11) is 0. The standard InChI is InChI=1S/C15H26N4O2.C13H12/c20-13-17-6-4-16(5-7-17)12-15(21)19-10-8-18(9-11-19)14-2-1-3-14;1-2-6-11-8-5-9-12-7-3-4-10-13(11)12/h13-14H,1-12H2;2-10H,1H3/b;6-2+. The number of nitrogens with zero attached hydrogens (tertiary/aromatic N) is 4. The summed E-state index contributed by atoms with van der Waals surface area (Å²) in [6.07, 6.45) is 9.17. The summed E-state index contributed by atoms with van der Waals surface area (Å²) in [6.45, 7) is 9.49. The van der Waals surface area contributed by atoms with E-state index < -0.39 is 0 Å². The molecule has 2 aliphatic heterocycles. The highest BCUT2D eigenvalue weighted by Gasteiger charge is 2.30. The molecule has 0 aromatic heterocycles. The quantitative estimate of drug-likeness (QED) is 0.640. The lowest BCUT2D eigenvalue weighted by molar-refractivity contribution is -0.135. The molecule has 34 heavy (non-hydrogen) atoms. The molecular formula is C28H38N4O2. The van der Waals surface area contributed by atoms with Gasteiger partial charge in [-0.15, -0.1) is 0 Å². The van der Waals surface area contributed by atoms with Crippen molar-refractivity contribution in [3.8, 4) is 0 Å². The molecule has 182 valence electrons. The fraction of sp³-hybridized carbons (Fsp3) is 0.500. The third-order valence-corrected chi connectivity index (χ3v) is 7.34. The second-order valence-electron chi connectivity index (χ2n) is 9.49. The number of hydrogen-bond donors (Lipinski definition) is 0. The summed E-state index contributed by atoms with van der Waals surface area (Å²) in [6, 6.07) is 15.6. The topological polar surface area (TPSA) is 47.1 Å². The fourth-order valence-corrected chi connectivity index (χ4v) is 4.98. The van der Waals surface area contributed by atoms with Crippen LogP contribution in [0.2, 0.25) is 0 Å². The van der Waals surface area contributed by atoms with Crippen LogP contribution in [0.1, 0.15) is 31.7 Å². The number of fused-ring (bicyclic) bond motifs is 1. The third-order valence-electron chi connectivity index (χ3n) is 7.34. The van der Waals surface area contributed by atoms with Gasteiger partial charge in [0, 0.05) is 58.4 Å². The highest BCUT2D eigenvalue weighted by atomic mass is 16.2. The van der Waals surface area contributed by atoms with E-state index in [1.807, 2.05) is 11.8 Å². The van der Waals surface area contributed by atoms with Gasteiger partial charge in [-0.1, -0.05) is 61.0 Å². The van der Waals surface area contributed by atoms with Gasteiger partial charge in [0.05, 0.1) is 6.54 Å². The van der Waals surface area contributed by atoms with E-state index >= 15 is 0 Å². The fourth-order valence-electron chi connectivity index (χ4n) is 4.98. The average Bonchev–Trinajstić information content (AvgIpc) is 2.85. The summed E-state index contributed by atoms with van der Waals surface area (Å²) in [5, 5.41) is 2.63. The van der Waals surface area contributed by atoms with E-state index in [0.717, 1.165) is 64.8 Å². The summed E-state index contributed by atoms with van der Waals surface area (Å²) >= 11 is 0. The minimum Gasteiger partial charge on any atom is -0.343 e. The molecule has 0 spiro atoms. The Kier molecular flexibility index (Phi) is 8.72. The maximum absolute atomic E-state index is 12.4. The Hall–Kier alpha value is -2.70. The highest BCUT2D eigenvalue weighted by molar-refractivity contribution is 5.90. The molecule has 0 bridgehead atoms. The second-order valence-corrected chi connectivity index (χ2v) is 9.49. The lowest BCUT2D eigenvalue weighted by Gasteiger charge is -2.43. The molecule has 5 rings (SSSR count). The number of carbonyl (C=O) groups excluding carboxylic acids is 2. The van der Waals surface area contributed by atoms with Gasteiger partial charge in [-0.25, -0.2) is 0 Å². The molecule has 6 nitrogen and oxygen atoms in total. The maximum atomic E-state index is 12.4. The van der Waals surface area contributed by atoms with E-state index in [1.165, 1.54) is 35.6 Å². The van der Waals surface area contributed by atoms with Crippen molar-refractivity contribution < 1.29 is 9.59 Å². The SMILES string of the molecule is C/C=C/c1cccc2ccccc12.O=CN1CCN(CC(=O)N2CCN(C3CCC3)CC2)CC1. The molecule has 6 heteroatoms. The molecule has 0 unspecified atom stereocenters. The van der Waals surface area contributed by atoms with Gasteiger partial charge in [0.1, 0.15) is 0 Å². The van der Waals surface area contributed by atoms with E-state index in [9.17, 15) is 9.59 Å². The number of carbonyl (C=O) groups is 2. The van der Waals surface area contributed by atoms with Gasteiger partial charge in [-0.05, 0) is 36.1 Å².